The molecular weight excluding hydrogens is 356 g/mol. The summed E-state index contributed by atoms with van der Waals surface area (Å²) in [7, 11) is 0. The first-order valence-electron chi connectivity index (χ1n) is 8.35. The van der Waals surface area contributed by atoms with Crippen LogP contribution in [-0.4, -0.2) is 58.4 Å². The van der Waals surface area contributed by atoms with Crippen molar-refractivity contribution in [2.45, 2.75) is 19.3 Å². The number of pyridine rings is 1. The molecule has 2 aromatic heterocycles. The molecule has 1 atom stereocenters. The predicted molar refractivity (Wildman–Crippen MR) is 93.5 cm³/mol. The lowest BCUT2D eigenvalue weighted by molar-refractivity contribution is 0.0786. The highest BCUT2D eigenvalue weighted by molar-refractivity contribution is 9.10. The quantitative estimate of drug-likeness (QED) is 0.895. The van der Waals surface area contributed by atoms with Gasteiger partial charge in [0.2, 0.25) is 0 Å². The molecule has 1 amide bonds. The number of aromatic amines is 1. The molecular formula is C17H21BrN4O. The van der Waals surface area contributed by atoms with Gasteiger partial charge in [-0.1, -0.05) is 0 Å². The van der Waals surface area contributed by atoms with Crippen molar-refractivity contribution in [2.24, 2.45) is 5.92 Å². The summed E-state index contributed by atoms with van der Waals surface area (Å²) in [4.78, 5) is 24.8. The van der Waals surface area contributed by atoms with Gasteiger partial charge in [0.15, 0.2) is 0 Å². The lowest BCUT2D eigenvalue weighted by Gasteiger charge is -2.20. The Morgan fingerprint density at radius 2 is 2.17 bits per heavy atom. The molecule has 23 heavy (non-hydrogen) atoms. The zero-order valence-electron chi connectivity index (χ0n) is 13.1. The summed E-state index contributed by atoms with van der Waals surface area (Å²) in [5.41, 5.74) is 1.50. The maximum atomic E-state index is 12.9. The Bertz CT molecular complexity index is 722. The molecule has 4 rings (SSSR count). The smallest absolute Gasteiger partial charge is 0.256 e. The van der Waals surface area contributed by atoms with Crippen LogP contribution in [0.5, 0.6) is 0 Å². The summed E-state index contributed by atoms with van der Waals surface area (Å²) in [6.45, 7) is 5.35. The van der Waals surface area contributed by atoms with Crippen molar-refractivity contribution in [3.05, 3.63) is 28.5 Å². The van der Waals surface area contributed by atoms with Crippen molar-refractivity contribution < 1.29 is 4.79 Å². The van der Waals surface area contributed by atoms with E-state index in [0.717, 1.165) is 47.1 Å². The van der Waals surface area contributed by atoms with Gasteiger partial charge >= 0.3 is 0 Å². The van der Waals surface area contributed by atoms with E-state index in [-0.39, 0.29) is 5.91 Å². The Morgan fingerprint density at radius 3 is 3.00 bits per heavy atom. The van der Waals surface area contributed by atoms with Gasteiger partial charge in [-0.25, -0.2) is 4.98 Å². The monoisotopic (exact) mass is 376 g/mol. The molecule has 2 aliphatic heterocycles. The third-order valence-corrected chi connectivity index (χ3v) is 5.45. The van der Waals surface area contributed by atoms with Crippen LogP contribution in [0, 0.1) is 5.92 Å². The molecule has 0 bridgehead atoms. The maximum Gasteiger partial charge on any atom is 0.256 e. The van der Waals surface area contributed by atoms with E-state index in [9.17, 15) is 4.79 Å². The van der Waals surface area contributed by atoms with Crippen molar-refractivity contribution in [1.29, 1.82) is 0 Å². The second-order valence-corrected chi connectivity index (χ2v) is 7.58. The van der Waals surface area contributed by atoms with Crippen LogP contribution >= 0.6 is 15.9 Å². The van der Waals surface area contributed by atoms with Gasteiger partial charge in [0, 0.05) is 41.9 Å². The molecule has 0 radical (unpaired) electrons. The fourth-order valence-corrected chi connectivity index (χ4v) is 4.15. The van der Waals surface area contributed by atoms with Crippen LogP contribution in [0.1, 0.15) is 29.6 Å². The van der Waals surface area contributed by atoms with Crippen LogP contribution in [0.15, 0.2) is 22.9 Å². The number of H-pyrrole nitrogens is 1. The number of carbonyl (C=O) groups excluding carboxylic acids is 1. The van der Waals surface area contributed by atoms with E-state index in [2.05, 4.69) is 30.8 Å². The average Bonchev–Trinajstić information content (AvgIpc) is 3.27. The molecule has 2 aliphatic rings. The van der Waals surface area contributed by atoms with E-state index in [0.29, 0.717) is 5.92 Å². The minimum absolute atomic E-state index is 0.125. The van der Waals surface area contributed by atoms with Gasteiger partial charge in [-0.05, 0) is 60.3 Å². The lowest BCUT2D eigenvalue weighted by atomic mass is 10.1. The Hall–Kier alpha value is -1.40. The van der Waals surface area contributed by atoms with Crippen LogP contribution in [0.4, 0.5) is 0 Å². The van der Waals surface area contributed by atoms with Crippen molar-refractivity contribution in [1.82, 2.24) is 19.8 Å². The van der Waals surface area contributed by atoms with E-state index in [1.54, 1.807) is 12.4 Å². The molecule has 0 saturated carbocycles. The van der Waals surface area contributed by atoms with E-state index < -0.39 is 0 Å². The summed E-state index contributed by atoms with van der Waals surface area (Å²) in [6, 6.07) is 1.96. The normalized spacial score (nSPS) is 22.3. The number of rotatable bonds is 3. The van der Waals surface area contributed by atoms with E-state index in [1.165, 1.54) is 25.9 Å². The minimum Gasteiger partial charge on any atom is -0.345 e. The van der Waals surface area contributed by atoms with Gasteiger partial charge in [-0.2, -0.15) is 0 Å². The first-order valence-corrected chi connectivity index (χ1v) is 9.14. The zero-order valence-corrected chi connectivity index (χ0v) is 14.7. The van der Waals surface area contributed by atoms with Gasteiger partial charge in [0.05, 0.1) is 5.56 Å². The molecule has 122 valence electrons. The fraction of sp³-hybridized carbons (Fsp3) is 0.529. The van der Waals surface area contributed by atoms with Gasteiger partial charge in [0.1, 0.15) is 5.65 Å². The second-order valence-electron chi connectivity index (χ2n) is 6.67. The Labute approximate surface area is 144 Å². The highest BCUT2D eigenvalue weighted by Crippen LogP contribution is 2.25. The molecule has 0 spiro atoms. The number of fused-ring (bicyclic) bond motifs is 1. The van der Waals surface area contributed by atoms with Crippen molar-refractivity contribution in [3.8, 4) is 0 Å². The largest absolute Gasteiger partial charge is 0.345 e. The number of carbonyl (C=O) groups is 1. The molecule has 2 aromatic rings. The minimum atomic E-state index is 0.125. The van der Waals surface area contributed by atoms with Crippen LogP contribution in [0.2, 0.25) is 0 Å². The molecule has 0 aromatic carbocycles. The number of halogens is 1. The predicted octanol–water partition coefficient (Wildman–Crippen LogP) is 2.88. The number of likely N-dealkylation sites (tertiary alicyclic amines) is 2. The Kier molecular flexibility index (Phi) is 4.11. The summed E-state index contributed by atoms with van der Waals surface area (Å²) < 4.78 is 0.895. The molecule has 6 heteroatoms. The van der Waals surface area contributed by atoms with Gasteiger partial charge in [-0.15, -0.1) is 0 Å². The second kappa shape index (κ2) is 6.24. The van der Waals surface area contributed by atoms with E-state index in [1.807, 2.05) is 11.0 Å². The molecule has 5 nitrogen and oxygen atoms in total. The zero-order chi connectivity index (χ0) is 15.8. The number of amides is 1. The number of aromatic nitrogens is 2. The molecule has 2 saturated heterocycles. The van der Waals surface area contributed by atoms with E-state index in [4.69, 9.17) is 0 Å². The van der Waals surface area contributed by atoms with Crippen LogP contribution < -0.4 is 0 Å². The third-order valence-electron chi connectivity index (χ3n) is 5.02. The molecule has 0 unspecified atom stereocenters. The third kappa shape index (κ3) is 3.02. The summed E-state index contributed by atoms with van der Waals surface area (Å²) >= 11 is 3.44. The van der Waals surface area contributed by atoms with Gasteiger partial charge in [0.25, 0.3) is 5.91 Å². The number of nitrogens with one attached hydrogen (secondary N) is 1. The lowest BCUT2D eigenvalue weighted by Crippen LogP contribution is -2.32. The molecule has 0 aliphatic carbocycles. The van der Waals surface area contributed by atoms with Gasteiger partial charge < -0.3 is 14.8 Å². The highest BCUT2D eigenvalue weighted by Gasteiger charge is 2.30. The molecule has 2 fully saturated rings. The number of hydrogen-bond donors (Lipinski definition) is 1. The maximum absolute atomic E-state index is 12.9. The number of nitrogens with zero attached hydrogens (tertiary/aromatic N) is 3. The van der Waals surface area contributed by atoms with Crippen LogP contribution in [0.3, 0.4) is 0 Å². The standard InChI is InChI=1S/C17H21BrN4O/c18-13-7-14-15(9-20-16(14)19-8-13)17(23)22-6-3-12(11-22)10-21-4-1-2-5-21/h7-9,12H,1-6,10-11H2,(H,19,20)/t12-/m1/s1. The van der Waals surface area contributed by atoms with Crippen molar-refractivity contribution >= 4 is 32.9 Å². The summed E-state index contributed by atoms with van der Waals surface area (Å²) in [5, 5.41) is 0.896. The Balaban J connectivity index is 1.47. The van der Waals surface area contributed by atoms with Gasteiger partial charge in [-0.3, -0.25) is 4.79 Å². The topological polar surface area (TPSA) is 52.2 Å². The SMILES string of the molecule is O=C(c1c[nH]c2ncc(Br)cc12)N1CC[C@H](CN2CCCC2)C1. The van der Waals surface area contributed by atoms with Crippen LogP contribution in [-0.2, 0) is 0 Å². The van der Waals surface area contributed by atoms with E-state index >= 15 is 0 Å². The first-order chi connectivity index (χ1) is 11.2. The van der Waals surface area contributed by atoms with Crippen LogP contribution in [0.25, 0.3) is 11.0 Å². The molecule has 4 heterocycles. The highest BCUT2D eigenvalue weighted by atomic mass is 79.9. The summed E-state index contributed by atoms with van der Waals surface area (Å²) in [6.07, 6.45) is 7.31. The fourth-order valence-electron chi connectivity index (χ4n) is 3.82. The van der Waals surface area contributed by atoms with Crippen molar-refractivity contribution in [3.63, 3.8) is 0 Å². The average molecular weight is 377 g/mol. The number of hydrogen-bond acceptors (Lipinski definition) is 3. The molecule has 1 N–H and O–H groups in total. The van der Waals surface area contributed by atoms with Crippen molar-refractivity contribution in [2.75, 3.05) is 32.7 Å². The first kappa shape index (κ1) is 15.1. The summed E-state index contributed by atoms with van der Waals surface area (Å²) in [5.74, 6) is 0.743. The Morgan fingerprint density at radius 1 is 1.35 bits per heavy atom.